The van der Waals surface area contributed by atoms with Gasteiger partial charge in [-0.15, -0.1) is 0 Å². The van der Waals surface area contributed by atoms with Crippen LogP contribution in [-0.4, -0.2) is 22.1 Å². The van der Waals surface area contributed by atoms with Crippen LogP contribution in [0.2, 0.25) is 0 Å². The fourth-order valence-corrected chi connectivity index (χ4v) is 1.72. The first-order valence-corrected chi connectivity index (χ1v) is 6.26. The summed E-state index contributed by atoms with van der Waals surface area (Å²) in [5.41, 5.74) is 1.95. The van der Waals surface area contributed by atoms with Gasteiger partial charge in [-0.3, -0.25) is 4.79 Å². The van der Waals surface area contributed by atoms with Gasteiger partial charge in [0.25, 0.3) is 0 Å². The third-order valence-corrected chi connectivity index (χ3v) is 2.63. The average Bonchev–Trinajstić information content (AvgIpc) is 2.83. The second-order valence-corrected chi connectivity index (χ2v) is 4.45. The van der Waals surface area contributed by atoms with Gasteiger partial charge in [0.1, 0.15) is 5.76 Å². The van der Waals surface area contributed by atoms with Gasteiger partial charge in [0.15, 0.2) is 0 Å². The Labute approximate surface area is 121 Å². The molecule has 21 heavy (non-hydrogen) atoms. The Morgan fingerprint density at radius 1 is 1.33 bits per heavy atom. The summed E-state index contributed by atoms with van der Waals surface area (Å²) in [6.07, 6.45) is 2.67. The number of benzene rings is 1. The van der Waals surface area contributed by atoms with Crippen molar-refractivity contribution < 1.29 is 19.2 Å². The molecule has 0 saturated carbocycles. The number of carbonyl (C=O) groups is 2. The topological polar surface area (TPSA) is 92.4 Å². The first kappa shape index (κ1) is 14.5. The van der Waals surface area contributed by atoms with Gasteiger partial charge < -0.3 is 14.9 Å². The number of hydrogen-bond donors (Lipinski definition) is 2. The first-order valence-electron chi connectivity index (χ1n) is 6.26. The predicted octanol–water partition coefficient (Wildman–Crippen LogP) is 2.26. The molecule has 2 rings (SSSR count). The van der Waals surface area contributed by atoms with Crippen LogP contribution >= 0.6 is 0 Å². The van der Waals surface area contributed by atoms with Gasteiger partial charge in [-0.2, -0.15) is 0 Å². The van der Waals surface area contributed by atoms with Crippen LogP contribution < -0.4 is 5.32 Å². The van der Waals surface area contributed by atoms with Crippen LogP contribution in [0.3, 0.4) is 0 Å². The lowest BCUT2D eigenvalue weighted by atomic mass is 10.2. The molecular formula is C15H14N2O4. The molecule has 1 aromatic carbocycles. The Kier molecular flexibility index (Phi) is 4.50. The molecule has 1 heterocycles. The van der Waals surface area contributed by atoms with E-state index in [1.165, 1.54) is 6.08 Å². The Morgan fingerprint density at radius 3 is 2.62 bits per heavy atom. The smallest absolute Gasteiger partial charge is 0.328 e. The third-order valence-electron chi connectivity index (χ3n) is 2.63. The van der Waals surface area contributed by atoms with Gasteiger partial charge >= 0.3 is 5.97 Å². The average molecular weight is 286 g/mol. The fraction of sp³-hybridized carbons (Fsp3) is 0.133. The van der Waals surface area contributed by atoms with Crippen molar-refractivity contribution >= 4 is 23.6 Å². The van der Waals surface area contributed by atoms with Crippen molar-refractivity contribution in [2.75, 3.05) is 5.32 Å². The van der Waals surface area contributed by atoms with E-state index < -0.39 is 5.97 Å². The second kappa shape index (κ2) is 6.51. The molecule has 0 atom stereocenters. The first-order chi connectivity index (χ1) is 10.0. The summed E-state index contributed by atoms with van der Waals surface area (Å²) < 4.78 is 4.89. The molecule has 0 aliphatic rings. The minimum Gasteiger partial charge on any atom is -0.478 e. The maximum Gasteiger partial charge on any atom is 0.328 e. The summed E-state index contributed by atoms with van der Waals surface area (Å²) in [6.45, 7) is 1.76. The molecular weight excluding hydrogens is 272 g/mol. The number of carboxylic acids is 1. The highest BCUT2D eigenvalue weighted by molar-refractivity contribution is 5.92. The van der Waals surface area contributed by atoms with Crippen LogP contribution in [0, 0.1) is 6.92 Å². The highest BCUT2D eigenvalue weighted by Gasteiger charge is 2.07. The van der Waals surface area contributed by atoms with Crippen molar-refractivity contribution in [1.82, 2.24) is 5.16 Å². The van der Waals surface area contributed by atoms with Crippen molar-refractivity contribution in [2.45, 2.75) is 13.3 Å². The van der Waals surface area contributed by atoms with Crippen LogP contribution in [0.15, 0.2) is 40.9 Å². The van der Waals surface area contributed by atoms with Gasteiger partial charge in [0.05, 0.1) is 12.1 Å². The van der Waals surface area contributed by atoms with Gasteiger partial charge in [-0.05, 0) is 30.7 Å². The molecule has 0 aliphatic carbocycles. The molecule has 1 amide bonds. The Balaban J connectivity index is 1.93. The minimum atomic E-state index is -1.00. The van der Waals surface area contributed by atoms with Crippen molar-refractivity contribution in [3.8, 4) is 0 Å². The quantitative estimate of drug-likeness (QED) is 0.822. The zero-order valence-electron chi connectivity index (χ0n) is 11.4. The molecule has 6 heteroatoms. The number of aryl methyl sites for hydroxylation is 1. The number of amides is 1. The molecule has 1 aromatic heterocycles. The normalized spacial score (nSPS) is 10.7. The summed E-state index contributed by atoms with van der Waals surface area (Å²) in [4.78, 5) is 22.2. The Morgan fingerprint density at radius 2 is 2.05 bits per heavy atom. The summed E-state index contributed by atoms with van der Waals surface area (Å²) in [5, 5.41) is 15.0. The molecule has 0 fully saturated rings. The van der Waals surface area contributed by atoms with E-state index in [1.807, 2.05) is 0 Å². The number of hydrogen-bond acceptors (Lipinski definition) is 4. The van der Waals surface area contributed by atoms with Crippen LogP contribution in [0.5, 0.6) is 0 Å². The molecule has 108 valence electrons. The van der Waals surface area contributed by atoms with E-state index in [0.717, 1.165) is 11.6 Å². The lowest BCUT2D eigenvalue weighted by molar-refractivity contribution is -0.131. The summed E-state index contributed by atoms with van der Waals surface area (Å²) >= 11 is 0. The lowest BCUT2D eigenvalue weighted by Crippen LogP contribution is -2.14. The zero-order valence-corrected chi connectivity index (χ0v) is 11.4. The third kappa shape index (κ3) is 4.61. The highest BCUT2D eigenvalue weighted by atomic mass is 16.5. The second-order valence-electron chi connectivity index (χ2n) is 4.45. The largest absolute Gasteiger partial charge is 0.478 e. The molecule has 6 nitrogen and oxygen atoms in total. The highest BCUT2D eigenvalue weighted by Crippen LogP contribution is 2.11. The van der Waals surface area contributed by atoms with Crippen molar-refractivity contribution in [3.63, 3.8) is 0 Å². The van der Waals surface area contributed by atoms with Crippen LogP contribution in [-0.2, 0) is 16.0 Å². The number of anilines is 1. The Bertz CT molecular complexity index is 671. The summed E-state index contributed by atoms with van der Waals surface area (Å²) in [7, 11) is 0. The van der Waals surface area contributed by atoms with E-state index in [4.69, 9.17) is 9.63 Å². The Hall–Kier alpha value is -2.89. The maximum absolute atomic E-state index is 11.8. The van der Waals surface area contributed by atoms with Crippen LogP contribution in [0.4, 0.5) is 5.69 Å². The molecule has 2 aromatic rings. The molecule has 0 bridgehead atoms. The SMILES string of the molecule is Cc1cc(CC(=O)Nc2ccc(C=CC(=O)O)cc2)no1. The van der Waals surface area contributed by atoms with E-state index in [0.29, 0.717) is 17.1 Å². The monoisotopic (exact) mass is 286 g/mol. The van der Waals surface area contributed by atoms with Crippen molar-refractivity contribution in [1.29, 1.82) is 0 Å². The van der Waals surface area contributed by atoms with Crippen molar-refractivity contribution in [2.24, 2.45) is 0 Å². The van der Waals surface area contributed by atoms with E-state index in [1.54, 1.807) is 37.3 Å². The number of aliphatic carboxylic acids is 1. The summed E-state index contributed by atoms with van der Waals surface area (Å²) in [6, 6.07) is 8.55. The lowest BCUT2D eigenvalue weighted by Gasteiger charge is -2.04. The van der Waals surface area contributed by atoms with Gasteiger partial charge in [-0.25, -0.2) is 4.79 Å². The molecule has 0 unspecified atom stereocenters. The molecule has 0 radical (unpaired) electrons. The standard InChI is InChI=1S/C15H14N2O4/c1-10-8-13(17-21-10)9-14(18)16-12-5-2-11(3-6-12)4-7-15(19)20/h2-8H,9H2,1H3,(H,16,18)(H,19,20). The number of rotatable bonds is 5. The number of nitrogens with zero attached hydrogens (tertiary/aromatic N) is 1. The van der Waals surface area contributed by atoms with Crippen LogP contribution in [0.1, 0.15) is 17.0 Å². The van der Waals surface area contributed by atoms with Gasteiger partial charge in [-0.1, -0.05) is 17.3 Å². The predicted molar refractivity (Wildman–Crippen MR) is 76.7 cm³/mol. The fourth-order valence-electron chi connectivity index (χ4n) is 1.72. The van der Waals surface area contributed by atoms with E-state index in [-0.39, 0.29) is 12.3 Å². The minimum absolute atomic E-state index is 0.137. The van der Waals surface area contributed by atoms with E-state index in [9.17, 15) is 9.59 Å². The number of carbonyl (C=O) groups excluding carboxylic acids is 1. The van der Waals surface area contributed by atoms with Gasteiger partial charge in [0, 0.05) is 17.8 Å². The molecule has 0 aliphatic heterocycles. The van der Waals surface area contributed by atoms with Gasteiger partial charge in [0.2, 0.25) is 5.91 Å². The van der Waals surface area contributed by atoms with E-state index >= 15 is 0 Å². The molecule has 0 saturated heterocycles. The molecule has 0 spiro atoms. The van der Waals surface area contributed by atoms with Crippen molar-refractivity contribution in [3.05, 3.63) is 53.4 Å². The number of carboxylic acid groups (broad SMARTS) is 1. The van der Waals surface area contributed by atoms with E-state index in [2.05, 4.69) is 10.5 Å². The number of nitrogens with one attached hydrogen (secondary N) is 1. The number of aromatic nitrogens is 1. The zero-order chi connectivity index (χ0) is 15.2. The summed E-state index contributed by atoms with van der Waals surface area (Å²) in [5.74, 6) is -0.542. The van der Waals surface area contributed by atoms with Crippen LogP contribution in [0.25, 0.3) is 6.08 Å². The maximum atomic E-state index is 11.8. The molecule has 2 N–H and O–H groups in total.